The monoisotopic (exact) mass is 307 g/mol. The molecule has 1 N–H and O–H groups in total. The lowest BCUT2D eigenvalue weighted by Gasteiger charge is -2.35. The van der Waals surface area contributed by atoms with Crippen LogP contribution in [0, 0.1) is 6.92 Å². The first kappa shape index (κ1) is 14.1. The highest BCUT2D eigenvalue weighted by Gasteiger charge is 2.30. The van der Waals surface area contributed by atoms with Crippen molar-refractivity contribution < 1.29 is 4.79 Å². The zero-order valence-corrected chi connectivity index (χ0v) is 12.7. The van der Waals surface area contributed by atoms with Gasteiger partial charge >= 0.3 is 0 Å². The smallest absolute Gasteiger partial charge is 0.244 e. The summed E-state index contributed by atoms with van der Waals surface area (Å²) in [6.07, 6.45) is 8.14. The molecule has 1 fully saturated rings. The third-order valence-corrected chi connectivity index (χ3v) is 4.12. The minimum absolute atomic E-state index is 0.0634. The first-order valence-corrected chi connectivity index (χ1v) is 7.50. The molecule has 0 radical (unpaired) electrons. The number of aromatic amines is 1. The summed E-state index contributed by atoms with van der Waals surface area (Å²) in [7, 11) is 0. The molecule has 2 aromatic heterocycles. The molecule has 0 aliphatic carbocycles. The number of nitrogens with zero attached hydrogens (tertiary/aromatic N) is 4. The Morgan fingerprint density at radius 2 is 2.33 bits per heavy atom. The molecule has 7 heteroatoms. The van der Waals surface area contributed by atoms with Crippen LogP contribution in [0.25, 0.3) is 0 Å². The summed E-state index contributed by atoms with van der Waals surface area (Å²) < 4.78 is 1.58. The van der Waals surface area contributed by atoms with E-state index >= 15 is 0 Å². The summed E-state index contributed by atoms with van der Waals surface area (Å²) in [5, 5.41) is 11.7. The van der Waals surface area contributed by atoms with E-state index in [0.717, 1.165) is 37.1 Å². The largest absolute Gasteiger partial charge is 0.332 e. The number of hydrogen-bond acceptors (Lipinski definition) is 3. The van der Waals surface area contributed by atoms with Crippen LogP contribution >= 0.6 is 11.6 Å². The van der Waals surface area contributed by atoms with Crippen LogP contribution < -0.4 is 0 Å². The number of nitrogens with one attached hydrogen (secondary N) is 1. The number of aromatic nitrogens is 4. The van der Waals surface area contributed by atoms with Crippen LogP contribution in [0.15, 0.2) is 18.6 Å². The molecular formula is C14H18ClN5O. The molecule has 1 atom stereocenters. The fourth-order valence-corrected chi connectivity index (χ4v) is 3.03. The molecule has 1 aliphatic heterocycles. The van der Waals surface area contributed by atoms with E-state index in [1.807, 2.05) is 11.8 Å². The van der Waals surface area contributed by atoms with Crippen molar-refractivity contribution in [3.63, 3.8) is 0 Å². The normalized spacial score (nSPS) is 19.0. The van der Waals surface area contributed by atoms with Gasteiger partial charge in [0, 0.05) is 12.7 Å². The topological polar surface area (TPSA) is 66.8 Å². The van der Waals surface area contributed by atoms with Gasteiger partial charge in [0.2, 0.25) is 5.91 Å². The van der Waals surface area contributed by atoms with Crippen LogP contribution in [-0.2, 0) is 11.3 Å². The van der Waals surface area contributed by atoms with Crippen molar-refractivity contribution in [3.05, 3.63) is 34.9 Å². The van der Waals surface area contributed by atoms with Crippen molar-refractivity contribution >= 4 is 17.5 Å². The van der Waals surface area contributed by atoms with E-state index in [-0.39, 0.29) is 18.5 Å². The third-order valence-electron chi connectivity index (χ3n) is 3.92. The molecule has 1 aliphatic rings. The molecule has 112 valence electrons. The minimum Gasteiger partial charge on any atom is -0.332 e. The Morgan fingerprint density at radius 3 is 3.00 bits per heavy atom. The van der Waals surface area contributed by atoms with Gasteiger partial charge in [0.15, 0.2) is 0 Å². The molecule has 1 saturated heterocycles. The van der Waals surface area contributed by atoms with Crippen LogP contribution in [0.2, 0.25) is 5.02 Å². The second-order valence-electron chi connectivity index (χ2n) is 5.42. The van der Waals surface area contributed by atoms with Gasteiger partial charge in [-0.1, -0.05) is 11.6 Å². The molecule has 3 rings (SSSR count). The number of rotatable bonds is 3. The Hall–Kier alpha value is -1.82. The predicted molar refractivity (Wildman–Crippen MR) is 78.9 cm³/mol. The first-order valence-electron chi connectivity index (χ1n) is 7.12. The zero-order valence-electron chi connectivity index (χ0n) is 11.9. The maximum absolute atomic E-state index is 12.6. The predicted octanol–water partition coefficient (Wildman–Crippen LogP) is 2.32. The van der Waals surface area contributed by atoms with Crippen LogP contribution in [0.4, 0.5) is 0 Å². The van der Waals surface area contributed by atoms with Crippen molar-refractivity contribution in [3.8, 4) is 0 Å². The fraction of sp³-hybridized carbons (Fsp3) is 0.500. The Kier molecular flexibility index (Phi) is 3.96. The molecule has 6 nitrogen and oxygen atoms in total. The maximum Gasteiger partial charge on any atom is 0.244 e. The average molecular weight is 308 g/mol. The van der Waals surface area contributed by atoms with Crippen LogP contribution in [0.3, 0.4) is 0 Å². The molecule has 1 amide bonds. The molecule has 0 saturated carbocycles. The number of hydrogen-bond donors (Lipinski definition) is 1. The Balaban J connectivity index is 1.77. The molecule has 3 heterocycles. The highest BCUT2D eigenvalue weighted by atomic mass is 35.5. The lowest BCUT2D eigenvalue weighted by Crippen LogP contribution is -2.40. The third kappa shape index (κ3) is 2.95. The van der Waals surface area contributed by atoms with E-state index in [0.29, 0.717) is 5.02 Å². The van der Waals surface area contributed by atoms with Crippen molar-refractivity contribution in [1.82, 2.24) is 24.9 Å². The Morgan fingerprint density at radius 1 is 1.48 bits per heavy atom. The van der Waals surface area contributed by atoms with E-state index in [9.17, 15) is 4.79 Å². The van der Waals surface area contributed by atoms with Gasteiger partial charge in [-0.3, -0.25) is 14.6 Å². The average Bonchev–Trinajstić information content (AvgIpc) is 3.07. The van der Waals surface area contributed by atoms with Gasteiger partial charge in [0.05, 0.1) is 29.2 Å². The second-order valence-corrected chi connectivity index (χ2v) is 5.86. The molecular weight excluding hydrogens is 290 g/mol. The van der Waals surface area contributed by atoms with Crippen molar-refractivity contribution in [2.75, 3.05) is 6.54 Å². The van der Waals surface area contributed by atoms with Gasteiger partial charge < -0.3 is 4.90 Å². The Bertz CT molecular complexity index is 635. The quantitative estimate of drug-likeness (QED) is 0.946. The van der Waals surface area contributed by atoms with E-state index in [4.69, 9.17) is 11.6 Å². The number of amides is 1. The molecule has 0 aromatic carbocycles. The molecule has 0 unspecified atom stereocenters. The lowest BCUT2D eigenvalue weighted by atomic mass is 9.97. The van der Waals surface area contributed by atoms with E-state index < -0.39 is 0 Å². The van der Waals surface area contributed by atoms with Crippen LogP contribution in [0.5, 0.6) is 0 Å². The van der Waals surface area contributed by atoms with Crippen molar-refractivity contribution in [1.29, 1.82) is 0 Å². The van der Waals surface area contributed by atoms with Gasteiger partial charge in [-0.15, -0.1) is 0 Å². The van der Waals surface area contributed by atoms with Crippen LogP contribution in [-0.4, -0.2) is 37.3 Å². The number of aryl methyl sites for hydroxylation is 1. The van der Waals surface area contributed by atoms with Gasteiger partial charge in [0.25, 0.3) is 0 Å². The first-order chi connectivity index (χ1) is 10.1. The van der Waals surface area contributed by atoms with Gasteiger partial charge in [-0.2, -0.15) is 10.2 Å². The van der Waals surface area contributed by atoms with Crippen molar-refractivity contribution in [2.24, 2.45) is 0 Å². The number of piperidine rings is 1. The van der Waals surface area contributed by atoms with E-state index in [1.54, 1.807) is 23.3 Å². The van der Waals surface area contributed by atoms with E-state index in [2.05, 4.69) is 15.3 Å². The fourth-order valence-electron chi connectivity index (χ4n) is 2.88. The number of carbonyl (C=O) groups is 1. The summed E-state index contributed by atoms with van der Waals surface area (Å²) in [6.45, 7) is 3.01. The highest BCUT2D eigenvalue weighted by Crippen LogP contribution is 2.31. The summed E-state index contributed by atoms with van der Waals surface area (Å²) in [5.41, 5.74) is 2.14. The van der Waals surface area contributed by atoms with Gasteiger partial charge in [-0.05, 0) is 31.7 Å². The molecule has 2 aromatic rings. The number of likely N-dealkylation sites (tertiary alicyclic amines) is 1. The van der Waals surface area contributed by atoms with Gasteiger partial charge in [0.1, 0.15) is 6.54 Å². The summed E-state index contributed by atoms with van der Waals surface area (Å²) in [6, 6.07) is 0.0831. The van der Waals surface area contributed by atoms with Crippen LogP contribution in [0.1, 0.15) is 36.6 Å². The van der Waals surface area contributed by atoms with Crippen molar-refractivity contribution in [2.45, 2.75) is 38.8 Å². The zero-order chi connectivity index (χ0) is 14.8. The number of carbonyl (C=O) groups excluding carboxylic acids is 1. The molecule has 21 heavy (non-hydrogen) atoms. The summed E-state index contributed by atoms with van der Waals surface area (Å²) in [5.74, 6) is 0.0634. The number of halogens is 1. The number of H-pyrrole nitrogens is 1. The highest BCUT2D eigenvalue weighted by molar-refractivity contribution is 6.30. The summed E-state index contributed by atoms with van der Waals surface area (Å²) in [4.78, 5) is 14.5. The summed E-state index contributed by atoms with van der Waals surface area (Å²) >= 11 is 5.84. The lowest BCUT2D eigenvalue weighted by molar-refractivity contribution is -0.136. The standard InChI is InChI=1S/C14H18ClN5O/c1-10-6-16-18-14(10)12-4-2-3-5-20(12)13(21)9-19-8-11(15)7-17-19/h6-8,12H,2-5,9H2,1H3,(H,16,18)/t12-/m1/s1. The molecule has 0 spiro atoms. The Labute approximate surface area is 128 Å². The maximum atomic E-state index is 12.6. The molecule has 0 bridgehead atoms. The SMILES string of the molecule is Cc1cn[nH]c1[C@H]1CCCCN1C(=O)Cn1cc(Cl)cn1. The minimum atomic E-state index is 0.0634. The second kappa shape index (κ2) is 5.89. The van der Waals surface area contributed by atoms with E-state index in [1.165, 1.54) is 0 Å². The van der Waals surface area contributed by atoms with Gasteiger partial charge in [-0.25, -0.2) is 0 Å².